The lowest BCUT2D eigenvalue weighted by atomic mass is 9.88. The summed E-state index contributed by atoms with van der Waals surface area (Å²) in [6.45, 7) is 3.89. The molecule has 0 saturated carbocycles. The van der Waals surface area contributed by atoms with Crippen LogP contribution in [0, 0.1) is 10.1 Å². The lowest BCUT2D eigenvalue weighted by Crippen LogP contribution is -2.42. The molecule has 0 bridgehead atoms. The highest BCUT2D eigenvalue weighted by Gasteiger charge is 2.40. The molecule has 0 aliphatic heterocycles. The number of hydrogen-bond donors (Lipinski definition) is 1. The van der Waals surface area contributed by atoms with E-state index in [9.17, 15) is 15.2 Å². The zero-order chi connectivity index (χ0) is 14.6. The van der Waals surface area contributed by atoms with Crippen LogP contribution in [0.3, 0.4) is 0 Å². The van der Waals surface area contributed by atoms with Gasteiger partial charge in [-0.3, -0.25) is 10.1 Å². The summed E-state index contributed by atoms with van der Waals surface area (Å²) in [4.78, 5) is 11.0. The van der Waals surface area contributed by atoms with E-state index in [0.717, 1.165) is 32.1 Å². The van der Waals surface area contributed by atoms with Crippen LogP contribution in [-0.4, -0.2) is 22.2 Å². The van der Waals surface area contributed by atoms with Crippen molar-refractivity contribution in [2.24, 2.45) is 0 Å². The van der Waals surface area contributed by atoms with Crippen molar-refractivity contribution < 1.29 is 10.0 Å². The van der Waals surface area contributed by atoms with Gasteiger partial charge in [-0.05, 0) is 12.8 Å². The summed E-state index contributed by atoms with van der Waals surface area (Å²) >= 11 is 0. The van der Waals surface area contributed by atoms with Crippen molar-refractivity contribution in [2.75, 3.05) is 6.61 Å². The molecule has 0 saturated heterocycles. The zero-order valence-electron chi connectivity index (χ0n) is 12.7. The third-order valence-electron chi connectivity index (χ3n) is 3.92. The van der Waals surface area contributed by atoms with Crippen molar-refractivity contribution in [1.82, 2.24) is 0 Å². The Labute approximate surface area is 117 Å². The van der Waals surface area contributed by atoms with Crippen LogP contribution < -0.4 is 0 Å². The number of hydrogen-bond acceptors (Lipinski definition) is 3. The topological polar surface area (TPSA) is 63.4 Å². The quantitative estimate of drug-likeness (QED) is 0.309. The molecule has 0 aromatic heterocycles. The number of unbranched alkanes of at least 4 members (excludes halogenated alkanes) is 7. The van der Waals surface area contributed by atoms with Crippen molar-refractivity contribution in [3.05, 3.63) is 10.1 Å². The SMILES string of the molecule is CCCCCCCCCC(CO)(CCCC)[N+](=O)[O-]. The third-order valence-corrected chi connectivity index (χ3v) is 3.92. The molecule has 0 aromatic rings. The van der Waals surface area contributed by atoms with Gasteiger partial charge in [0.05, 0.1) is 0 Å². The van der Waals surface area contributed by atoms with E-state index in [1.807, 2.05) is 6.92 Å². The normalized spacial score (nSPS) is 14.3. The Morgan fingerprint density at radius 1 is 0.895 bits per heavy atom. The highest BCUT2D eigenvalue weighted by Crippen LogP contribution is 2.25. The van der Waals surface area contributed by atoms with E-state index in [4.69, 9.17) is 0 Å². The second-order valence-corrected chi connectivity index (χ2v) is 5.61. The minimum Gasteiger partial charge on any atom is -0.389 e. The van der Waals surface area contributed by atoms with E-state index in [-0.39, 0.29) is 11.5 Å². The van der Waals surface area contributed by atoms with Crippen LogP contribution in [0.4, 0.5) is 0 Å². The number of nitrogens with zero attached hydrogens (tertiary/aromatic N) is 1. The molecule has 1 N–H and O–H groups in total. The van der Waals surface area contributed by atoms with Gasteiger partial charge in [0, 0.05) is 17.8 Å². The van der Waals surface area contributed by atoms with Crippen LogP contribution in [0.2, 0.25) is 0 Å². The highest BCUT2D eigenvalue weighted by molar-refractivity contribution is 4.78. The van der Waals surface area contributed by atoms with E-state index in [1.165, 1.54) is 25.7 Å². The Bertz CT molecular complexity index is 233. The molecule has 19 heavy (non-hydrogen) atoms. The summed E-state index contributed by atoms with van der Waals surface area (Å²) in [5.41, 5.74) is -1.08. The molecular weight excluding hydrogens is 242 g/mol. The van der Waals surface area contributed by atoms with Gasteiger partial charge in [0.25, 0.3) is 0 Å². The summed E-state index contributed by atoms with van der Waals surface area (Å²) in [6.07, 6.45) is 10.9. The van der Waals surface area contributed by atoms with E-state index in [1.54, 1.807) is 0 Å². The molecule has 0 heterocycles. The third kappa shape index (κ3) is 7.51. The summed E-state index contributed by atoms with van der Waals surface area (Å²) in [6, 6.07) is 0. The second kappa shape index (κ2) is 11.2. The predicted molar refractivity (Wildman–Crippen MR) is 78.9 cm³/mol. The molecule has 4 heteroatoms. The summed E-state index contributed by atoms with van der Waals surface area (Å²) in [5.74, 6) is 0. The van der Waals surface area contributed by atoms with Gasteiger partial charge in [-0.1, -0.05) is 58.8 Å². The molecule has 0 amide bonds. The Kier molecular flexibility index (Phi) is 10.8. The van der Waals surface area contributed by atoms with Gasteiger partial charge in [0.2, 0.25) is 5.54 Å². The first-order valence-electron chi connectivity index (χ1n) is 7.88. The predicted octanol–water partition coefficient (Wildman–Crippen LogP) is 4.33. The molecular formula is C15H31NO3. The number of aliphatic hydroxyl groups excluding tert-OH is 1. The number of nitro groups is 1. The maximum Gasteiger partial charge on any atom is 0.244 e. The molecule has 4 nitrogen and oxygen atoms in total. The van der Waals surface area contributed by atoms with Gasteiger partial charge >= 0.3 is 0 Å². The van der Waals surface area contributed by atoms with E-state index in [0.29, 0.717) is 12.8 Å². The molecule has 0 radical (unpaired) electrons. The smallest absolute Gasteiger partial charge is 0.244 e. The molecule has 0 aliphatic carbocycles. The summed E-state index contributed by atoms with van der Waals surface area (Å²) in [5, 5.41) is 20.6. The van der Waals surface area contributed by atoms with Gasteiger partial charge in [0.1, 0.15) is 6.61 Å². The number of rotatable bonds is 13. The van der Waals surface area contributed by atoms with Gasteiger partial charge in [-0.25, -0.2) is 0 Å². The first-order chi connectivity index (χ1) is 9.13. The summed E-state index contributed by atoms with van der Waals surface area (Å²) in [7, 11) is 0. The van der Waals surface area contributed by atoms with Crippen molar-refractivity contribution in [3.63, 3.8) is 0 Å². The maximum absolute atomic E-state index is 11.2. The Morgan fingerprint density at radius 2 is 1.37 bits per heavy atom. The van der Waals surface area contributed by atoms with Crippen molar-refractivity contribution in [3.8, 4) is 0 Å². The second-order valence-electron chi connectivity index (χ2n) is 5.61. The Hall–Kier alpha value is -0.640. The van der Waals surface area contributed by atoms with Crippen LogP contribution in [-0.2, 0) is 0 Å². The standard InChI is InChI=1S/C15H31NO3/c1-3-5-7-8-9-10-11-13-15(14-17,16(18)19)12-6-4-2/h17H,3-14H2,1-2H3. The van der Waals surface area contributed by atoms with Crippen LogP contribution >= 0.6 is 0 Å². The molecule has 0 rings (SSSR count). The molecule has 0 spiro atoms. The lowest BCUT2D eigenvalue weighted by Gasteiger charge is -2.23. The van der Waals surface area contributed by atoms with Crippen LogP contribution in [0.1, 0.15) is 84.5 Å². The fourth-order valence-electron chi connectivity index (χ4n) is 2.44. The average Bonchev–Trinajstić information content (AvgIpc) is 2.41. The molecule has 1 atom stereocenters. The van der Waals surface area contributed by atoms with Crippen LogP contribution in [0.5, 0.6) is 0 Å². The molecule has 1 unspecified atom stereocenters. The fourth-order valence-corrected chi connectivity index (χ4v) is 2.44. The van der Waals surface area contributed by atoms with Crippen molar-refractivity contribution >= 4 is 0 Å². The highest BCUT2D eigenvalue weighted by atomic mass is 16.6. The van der Waals surface area contributed by atoms with Crippen LogP contribution in [0.15, 0.2) is 0 Å². The average molecular weight is 273 g/mol. The first kappa shape index (κ1) is 18.4. The van der Waals surface area contributed by atoms with Gasteiger partial charge in [0.15, 0.2) is 0 Å². The minimum atomic E-state index is -1.08. The largest absolute Gasteiger partial charge is 0.389 e. The molecule has 0 aromatic carbocycles. The van der Waals surface area contributed by atoms with E-state index < -0.39 is 5.54 Å². The van der Waals surface area contributed by atoms with E-state index in [2.05, 4.69) is 6.92 Å². The van der Waals surface area contributed by atoms with E-state index >= 15 is 0 Å². The van der Waals surface area contributed by atoms with Gasteiger partial charge < -0.3 is 5.11 Å². The fraction of sp³-hybridized carbons (Fsp3) is 1.00. The molecule has 0 fully saturated rings. The van der Waals surface area contributed by atoms with Crippen LogP contribution in [0.25, 0.3) is 0 Å². The Morgan fingerprint density at radius 3 is 1.84 bits per heavy atom. The zero-order valence-corrected chi connectivity index (χ0v) is 12.7. The number of aliphatic hydroxyl groups is 1. The van der Waals surface area contributed by atoms with Gasteiger partial charge in [-0.2, -0.15) is 0 Å². The summed E-state index contributed by atoms with van der Waals surface area (Å²) < 4.78 is 0. The van der Waals surface area contributed by atoms with Crippen molar-refractivity contribution in [1.29, 1.82) is 0 Å². The monoisotopic (exact) mass is 273 g/mol. The molecule has 114 valence electrons. The molecule has 0 aliphatic rings. The van der Waals surface area contributed by atoms with Crippen molar-refractivity contribution in [2.45, 2.75) is 90.0 Å². The minimum absolute atomic E-state index is 0.250. The maximum atomic E-state index is 11.2. The Balaban J connectivity index is 3.95. The lowest BCUT2D eigenvalue weighted by molar-refractivity contribution is -0.576. The first-order valence-corrected chi connectivity index (χ1v) is 7.88. The van der Waals surface area contributed by atoms with Gasteiger partial charge in [-0.15, -0.1) is 0 Å².